The summed E-state index contributed by atoms with van der Waals surface area (Å²) in [6.07, 6.45) is 1.07. The Kier molecular flexibility index (Phi) is 5.36. The number of hydrogen-bond acceptors (Lipinski definition) is 4. The fourth-order valence-corrected chi connectivity index (χ4v) is 3.31. The zero-order chi connectivity index (χ0) is 14.5. The van der Waals surface area contributed by atoms with Gasteiger partial charge >= 0.3 is 0 Å². The zero-order valence-electron chi connectivity index (χ0n) is 12.5. The monoisotopic (exact) mass is 309 g/mol. The van der Waals surface area contributed by atoms with E-state index in [-0.39, 0.29) is 0 Å². The first kappa shape index (κ1) is 15.1. The van der Waals surface area contributed by atoms with Crippen LogP contribution in [-0.4, -0.2) is 63.9 Å². The van der Waals surface area contributed by atoms with Gasteiger partial charge in [0.1, 0.15) is 0 Å². The van der Waals surface area contributed by atoms with Crippen LogP contribution in [0.2, 0.25) is 5.02 Å². The Hall–Kier alpha value is -0.810. The van der Waals surface area contributed by atoms with Crippen LogP contribution in [0.3, 0.4) is 0 Å². The first-order chi connectivity index (χ1) is 10.3. The van der Waals surface area contributed by atoms with Crippen LogP contribution >= 0.6 is 11.6 Å². The second-order valence-electron chi connectivity index (χ2n) is 5.73. The van der Waals surface area contributed by atoms with Crippen LogP contribution in [0.1, 0.15) is 5.56 Å². The molecule has 0 amide bonds. The average molecular weight is 310 g/mol. The van der Waals surface area contributed by atoms with Gasteiger partial charge in [-0.2, -0.15) is 0 Å². The summed E-state index contributed by atoms with van der Waals surface area (Å²) < 4.78 is 5.40. The lowest BCUT2D eigenvalue weighted by atomic mass is 10.1. The summed E-state index contributed by atoms with van der Waals surface area (Å²) in [5, 5.41) is 4.26. The van der Waals surface area contributed by atoms with Crippen molar-refractivity contribution in [1.29, 1.82) is 0 Å². The number of morpholine rings is 1. The van der Waals surface area contributed by atoms with Gasteiger partial charge in [-0.25, -0.2) is 0 Å². The topological polar surface area (TPSA) is 27.7 Å². The molecular formula is C16H24ClN3O. The van der Waals surface area contributed by atoms with Crippen molar-refractivity contribution < 1.29 is 4.74 Å². The molecule has 4 nitrogen and oxygen atoms in total. The molecule has 1 aromatic carbocycles. The molecule has 3 rings (SSSR count). The van der Waals surface area contributed by atoms with E-state index < -0.39 is 0 Å². The maximum absolute atomic E-state index is 6.48. The van der Waals surface area contributed by atoms with Gasteiger partial charge in [-0.15, -0.1) is 0 Å². The van der Waals surface area contributed by atoms with Crippen molar-refractivity contribution in [3.05, 3.63) is 28.8 Å². The van der Waals surface area contributed by atoms with Crippen LogP contribution in [-0.2, 0) is 11.2 Å². The van der Waals surface area contributed by atoms with E-state index in [0.29, 0.717) is 0 Å². The molecule has 0 unspecified atom stereocenters. The predicted octanol–water partition coefficient (Wildman–Crippen LogP) is 1.62. The summed E-state index contributed by atoms with van der Waals surface area (Å²) in [4.78, 5) is 4.83. The maximum Gasteiger partial charge on any atom is 0.0642 e. The Morgan fingerprint density at radius 3 is 2.57 bits per heavy atom. The zero-order valence-corrected chi connectivity index (χ0v) is 13.2. The number of halogens is 1. The summed E-state index contributed by atoms with van der Waals surface area (Å²) in [7, 11) is 0. The van der Waals surface area contributed by atoms with E-state index in [4.69, 9.17) is 16.3 Å². The van der Waals surface area contributed by atoms with Crippen LogP contribution in [0.5, 0.6) is 0 Å². The number of rotatable bonds is 4. The standard InChI is InChI=1S/C16H24ClN3O/c17-15-13-14(3-6-19-7-4-18-5-8-19)1-2-16(15)20-9-11-21-12-10-20/h1-2,13,18H,3-12H2. The third-order valence-corrected chi connectivity index (χ3v) is 4.59. The molecule has 0 aromatic heterocycles. The van der Waals surface area contributed by atoms with E-state index >= 15 is 0 Å². The van der Waals surface area contributed by atoms with Gasteiger partial charge in [0.2, 0.25) is 0 Å². The van der Waals surface area contributed by atoms with Crippen molar-refractivity contribution in [2.45, 2.75) is 6.42 Å². The molecule has 2 aliphatic heterocycles. The lowest BCUT2D eigenvalue weighted by Crippen LogP contribution is -2.44. The summed E-state index contributed by atoms with van der Waals surface area (Å²) in [6, 6.07) is 6.52. The van der Waals surface area contributed by atoms with Gasteiger partial charge in [0.25, 0.3) is 0 Å². The van der Waals surface area contributed by atoms with Gasteiger partial charge < -0.3 is 19.9 Å². The molecular weight excluding hydrogens is 286 g/mol. The van der Waals surface area contributed by atoms with Gasteiger partial charge in [0.15, 0.2) is 0 Å². The second-order valence-corrected chi connectivity index (χ2v) is 6.13. The minimum atomic E-state index is 0.793. The van der Waals surface area contributed by atoms with Crippen molar-refractivity contribution in [2.75, 3.05) is 63.9 Å². The highest BCUT2D eigenvalue weighted by molar-refractivity contribution is 6.33. The van der Waals surface area contributed by atoms with Gasteiger partial charge in [-0.1, -0.05) is 17.7 Å². The number of benzene rings is 1. The third kappa shape index (κ3) is 4.10. The molecule has 0 atom stereocenters. The Morgan fingerprint density at radius 2 is 1.86 bits per heavy atom. The molecule has 0 saturated carbocycles. The molecule has 5 heteroatoms. The highest BCUT2D eigenvalue weighted by Gasteiger charge is 2.15. The molecule has 0 bridgehead atoms. The first-order valence-electron chi connectivity index (χ1n) is 7.87. The fourth-order valence-electron chi connectivity index (χ4n) is 2.99. The molecule has 21 heavy (non-hydrogen) atoms. The molecule has 2 aliphatic rings. The van der Waals surface area contributed by atoms with E-state index in [2.05, 4.69) is 33.3 Å². The predicted molar refractivity (Wildman–Crippen MR) is 87.5 cm³/mol. The average Bonchev–Trinajstić information content (AvgIpc) is 2.55. The highest BCUT2D eigenvalue weighted by atomic mass is 35.5. The summed E-state index contributed by atoms with van der Waals surface area (Å²) in [5.41, 5.74) is 2.47. The Balaban J connectivity index is 1.58. The van der Waals surface area contributed by atoms with Crippen molar-refractivity contribution in [3.8, 4) is 0 Å². The molecule has 0 spiro atoms. The van der Waals surface area contributed by atoms with Crippen LogP contribution < -0.4 is 10.2 Å². The molecule has 2 heterocycles. The van der Waals surface area contributed by atoms with Gasteiger partial charge in [0.05, 0.1) is 23.9 Å². The van der Waals surface area contributed by atoms with E-state index in [0.717, 1.165) is 76.2 Å². The van der Waals surface area contributed by atoms with Crippen LogP contribution in [0.25, 0.3) is 0 Å². The van der Waals surface area contributed by atoms with E-state index in [1.165, 1.54) is 5.56 Å². The molecule has 1 N–H and O–H groups in total. The molecule has 0 aliphatic carbocycles. The minimum absolute atomic E-state index is 0.793. The number of nitrogens with one attached hydrogen (secondary N) is 1. The molecule has 2 fully saturated rings. The van der Waals surface area contributed by atoms with Crippen LogP contribution in [0.15, 0.2) is 18.2 Å². The SMILES string of the molecule is Clc1cc(CCN2CCNCC2)ccc1N1CCOCC1. The van der Waals surface area contributed by atoms with Crippen molar-refractivity contribution in [2.24, 2.45) is 0 Å². The minimum Gasteiger partial charge on any atom is -0.378 e. The normalized spacial score (nSPS) is 20.7. The summed E-state index contributed by atoms with van der Waals surface area (Å²) in [5.74, 6) is 0. The fraction of sp³-hybridized carbons (Fsp3) is 0.625. The van der Waals surface area contributed by atoms with E-state index in [1.54, 1.807) is 0 Å². The lowest BCUT2D eigenvalue weighted by Gasteiger charge is -2.30. The molecule has 116 valence electrons. The smallest absolute Gasteiger partial charge is 0.0642 e. The first-order valence-corrected chi connectivity index (χ1v) is 8.25. The Bertz CT molecular complexity index is 457. The summed E-state index contributed by atoms with van der Waals surface area (Å²) in [6.45, 7) is 9.09. The summed E-state index contributed by atoms with van der Waals surface area (Å²) >= 11 is 6.48. The number of hydrogen-bond donors (Lipinski definition) is 1. The van der Waals surface area contributed by atoms with Gasteiger partial charge in [-0.05, 0) is 24.1 Å². The van der Waals surface area contributed by atoms with Crippen molar-refractivity contribution in [3.63, 3.8) is 0 Å². The van der Waals surface area contributed by atoms with Gasteiger partial charge in [-0.3, -0.25) is 0 Å². The van der Waals surface area contributed by atoms with E-state index in [9.17, 15) is 0 Å². The van der Waals surface area contributed by atoms with E-state index in [1.807, 2.05) is 0 Å². The van der Waals surface area contributed by atoms with Crippen LogP contribution in [0.4, 0.5) is 5.69 Å². The number of ether oxygens (including phenoxy) is 1. The Morgan fingerprint density at radius 1 is 1.10 bits per heavy atom. The third-order valence-electron chi connectivity index (χ3n) is 4.29. The molecule has 0 radical (unpaired) electrons. The quantitative estimate of drug-likeness (QED) is 0.915. The number of nitrogens with zero attached hydrogens (tertiary/aromatic N) is 2. The lowest BCUT2D eigenvalue weighted by molar-refractivity contribution is 0.122. The van der Waals surface area contributed by atoms with Crippen LogP contribution in [0, 0.1) is 0 Å². The van der Waals surface area contributed by atoms with Crippen molar-refractivity contribution in [1.82, 2.24) is 10.2 Å². The number of piperazine rings is 1. The second kappa shape index (κ2) is 7.45. The molecule has 1 aromatic rings. The number of anilines is 1. The molecule has 2 saturated heterocycles. The Labute approximate surface area is 132 Å². The van der Waals surface area contributed by atoms with Crippen molar-refractivity contribution >= 4 is 17.3 Å². The maximum atomic E-state index is 6.48. The highest BCUT2D eigenvalue weighted by Crippen LogP contribution is 2.27. The van der Waals surface area contributed by atoms with Gasteiger partial charge in [0, 0.05) is 45.8 Å². The largest absolute Gasteiger partial charge is 0.378 e.